The summed E-state index contributed by atoms with van der Waals surface area (Å²) in [5, 5.41) is 56.1. The van der Waals surface area contributed by atoms with Gasteiger partial charge in [-0.2, -0.15) is 0 Å². The van der Waals surface area contributed by atoms with Gasteiger partial charge in [-0.25, -0.2) is 0 Å². The molecule has 0 saturated heterocycles. The lowest BCUT2D eigenvalue weighted by Gasteiger charge is -2.32. The van der Waals surface area contributed by atoms with E-state index < -0.39 is 24.9 Å². The molecule has 0 heterocycles. The summed E-state index contributed by atoms with van der Waals surface area (Å²) in [7, 11) is 0. The Morgan fingerprint density at radius 1 is 0.588 bits per heavy atom. The number of nitrogens with two attached hydrogens (primary N) is 4. The average Bonchev–Trinajstić information content (AvgIpc) is 2.85. The minimum atomic E-state index is -0.944. The van der Waals surface area contributed by atoms with Crippen LogP contribution in [0, 0.1) is 0 Å². The number of rotatable bonds is 20. The fourth-order valence-electron chi connectivity index (χ4n) is 2.45. The van der Waals surface area contributed by atoms with Gasteiger partial charge in [-0.3, -0.25) is 0 Å². The molecule has 0 fully saturated rings. The third kappa shape index (κ3) is 14.1. The second-order valence-electron chi connectivity index (χ2n) is 6.78. The topological polar surface area (TPSA) is 292 Å². The maximum Gasteiger partial charge on any atom is 0.141 e. The van der Waals surface area contributed by atoms with Gasteiger partial charge in [-0.15, -0.1) is 0 Å². The highest BCUT2D eigenvalue weighted by molar-refractivity contribution is 5.80. The predicted molar refractivity (Wildman–Crippen MR) is 119 cm³/mol. The van der Waals surface area contributed by atoms with E-state index in [1.165, 1.54) is 0 Å². The Balaban J connectivity index is 5.46. The number of aliphatic hydroxyl groups is 1. The van der Waals surface area contributed by atoms with Crippen LogP contribution in [-0.4, -0.2) is 107 Å². The van der Waals surface area contributed by atoms with Crippen molar-refractivity contribution in [2.75, 3.05) is 39.6 Å². The standard InChI is InChI=1S/C17H36N8O9/c18-13(22-27)1-5-31-10-12(33-7-3-15(20)24-29)17(34-8-4-16(21)25-30)11(9-26)32-6-2-14(19)23-28/h11-12,17,26-30H,1-10H2,(H2,18,22)(H2,19,23)(H2,20,24)(H2,21,25). The van der Waals surface area contributed by atoms with E-state index in [4.69, 9.17) is 62.7 Å². The third-order valence-electron chi connectivity index (χ3n) is 4.26. The molecule has 0 spiro atoms. The van der Waals surface area contributed by atoms with E-state index in [1.54, 1.807) is 0 Å². The van der Waals surface area contributed by atoms with Gasteiger partial charge in [0, 0.05) is 25.7 Å². The molecule has 0 aliphatic rings. The lowest BCUT2D eigenvalue weighted by molar-refractivity contribution is -0.162. The van der Waals surface area contributed by atoms with Crippen LogP contribution < -0.4 is 22.9 Å². The molecule has 3 unspecified atom stereocenters. The van der Waals surface area contributed by atoms with Crippen LogP contribution in [0.3, 0.4) is 0 Å². The van der Waals surface area contributed by atoms with Gasteiger partial charge in [0.1, 0.15) is 41.7 Å². The van der Waals surface area contributed by atoms with E-state index in [1.807, 2.05) is 0 Å². The lowest BCUT2D eigenvalue weighted by atomic mass is 10.1. The van der Waals surface area contributed by atoms with Gasteiger partial charge >= 0.3 is 0 Å². The first kappa shape index (κ1) is 30.9. The Morgan fingerprint density at radius 2 is 0.971 bits per heavy atom. The van der Waals surface area contributed by atoms with Crippen LogP contribution in [0.4, 0.5) is 0 Å². The molecule has 0 amide bonds. The third-order valence-corrected chi connectivity index (χ3v) is 4.26. The van der Waals surface area contributed by atoms with Crippen LogP contribution in [0.25, 0.3) is 0 Å². The van der Waals surface area contributed by atoms with Crippen molar-refractivity contribution < 1.29 is 44.9 Å². The summed E-state index contributed by atoms with van der Waals surface area (Å²) in [5.74, 6) is -0.244. The normalized spacial score (nSPS) is 16.4. The van der Waals surface area contributed by atoms with Crippen LogP contribution >= 0.6 is 0 Å². The first-order valence-electron chi connectivity index (χ1n) is 10.2. The number of ether oxygens (including phenoxy) is 4. The highest BCUT2D eigenvalue weighted by Gasteiger charge is 2.32. The van der Waals surface area contributed by atoms with Crippen molar-refractivity contribution in [3.63, 3.8) is 0 Å². The first-order chi connectivity index (χ1) is 16.3. The van der Waals surface area contributed by atoms with Crippen molar-refractivity contribution >= 4 is 23.3 Å². The molecule has 0 rings (SSSR count). The van der Waals surface area contributed by atoms with Gasteiger partial charge in [-0.1, -0.05) is 20.6 Å². The molecule has 198 valence electrons. The summed E-state index contributed by atoms with van der Waals surface area (Å²) in [6.07, 6.45) is -2.34. The van der Waals surface area contributed by atoms with E-state index in [0.29, 0.717) is 0 Å². The van der Waals surface area contributed by atoms with Gasteiger partial charge in [0.2, 0.25) is 0 Å². The van der Waals surface area contributed by atoms with E-state index >= 15 is 0 Å². The summed E-state index contributed by atoms with van der Waals surface area (Å²) >= 11 is 0. The highest BCUT2D eigenvalue weighted by atomic mass is 16.6. The Bertz CT molecular complexity index is 663. The van der Waals surface area contributed by atoms with Crippen LogP contribution in [0.2, 0.25) is 0 Å². The van der Waals surface area contributed by atoms with Gasteiger partial charge in [-0.05, 0) is 0 Å². The monoisotopic (exact) mass is 496 g/mol. The van der Waals surface area contributed by atoms with Crippen molar-refractivity contribution in [2.45, 2.75) is 44.0 Å². The molecular weight excluding hydrogens is 460 g/mol. The van der Waals surface area contributed by atoms with Crippen LogP contribution in [0.5, 0.6) is 0 Å². The Kier molecular flexibility index (Phi) is 17.6. The minimum Gasteiger partial charge on any atom is -0.409 e. The number of amidine groups is 4. The summed E-state index contributed by atoms with van der Waals surface area (Å²) in [6, 6.07) is 0. The number of hydrogen-bond donors (Lipinski definition) is 9. The smallest absolute Gasteiger partial charge is 0.141 e. The molecule has 17 nitrogen and oxygen atoms in total. The first-order valence-corrected chi connectivity index (χ1v) is 10.2. The minimum absolute atomic E-state index is 0.00647. The quantitative estimate of drug-likeness (QED) is 0.0282. The predicted octanol–water partition coefficient (Wildman–Crippen LogP) is -2.30. The van der Waals surface area contributed by atoms with Crippen LogP contribution in [0.15, 0.2) is 20.6 Å². The van der Waals surface area contributed by atoms with Gasteiger partial charge in [0.15, 0.2) is 0 Å². The summed E-state index contributed by atoms with van der Waals surface area (Å²) < 4.78 is 22.8. The molecule has 13 N–H and O–H groups in total. The zero-order valence-electron chi connectivity index (χ0n) is 18.8. The Labute approximate surface area is 196 Å². The van der Waals surface area contributed by atoms with Crippen molar-refractivity contribution in [3.8, 4) is 0 Å². The summed E-state index contributed by atoms with van der Waals surface area (Å²) in [5.41, 5.74) is 21.8. The number of nitrogens with zero attached hydrogens (tertiary/aromatic N) is 4. The van der Waals surface area contributed by atoms with Crippen molar-refractivity contribution in [3.05, 3.63) is 0 Å². The molecule has 0 radical (unpaired) electrons. The molecule has 0 aliphatic heterocycles. The van der Waals surface area contributed by atoms with E-state index in [2.05, 4.69) is 20.6 Å². The second-order valence-corrected chi connectivity index (χ2v) is 6.78. The summed E-state index contributed by atoms with van der Waals surface area (Å²) in [4.78, 5) is 0. The second kappa shape index (κ2) is 19.4. The van der Waals surface area contributed by atoms with Crippen molar-refractivity contribution in [1.82, 2.24) is 0 Å². The van der Waals surface area contributed by atoms with Crippen LogP contribution in [-0.2, 0) is 18.9 Å². The van der Waals surface area contributed by atoms with E-state index in [-0.39, 0.29) is 82.1 Å². The Hall–Kier alpha value is -3.12. The maximum absolute atomic E-state index is 9.92. The van der Waals surface area contributed by atoms with Gasteiger partial charge in [0.25, 0.3) is 0 Å². The largest absolute Gasteiger partial charge is 0.409 e. The molecule has 0 aromatic carbocycles. The maximum atomic E-state index is 9.92. The SMILES string of the molecule is NC(CCOCC(OCCC(N)=NO)C(OCCC(N)=NO)C(CO)OCCC(N)=NO)=NO. The van der Waals surface area contributed by atoms with E-state index in [0.717, 1.165) is 0 Å². The molecule has 0 aromatic rings. The zero-order chi connectivity index (χ0) is 25.8. The highest BCUT2D eigenvalue weighted by Crippen LogP contribution is 2.15. The van der Waals surface area contributed by atoms with Crippen LogP contribution in [0.1, 0.15) is 25.7 Å². The average molecular weight is 497 g/mol. The molecule has 0 bridgehead atoms. The van der Waals surface area contributed by atoms with Gasteiger partial charge in [0.05, 0.1) is 39.6 Å². The molecule has 17 heteroatoms. The van der Waals surface area contributed by atoms with E-state index in [9.17, 15) is 5.11 Å². The Morgan fingerprint density at radius 3 is 1.38 bits per heavy atom. The fourth-order valence-corrected chi connectivity index (χ4v) is 2.45. The molecule has 0 aromatic heterocycles. The molecule has 3 atom stereocenters. The molecule has 0 aliphatic carbocycles. The molecule has 34 heavy (non-hydrogen) atoms. The lowest BCUT2D eigenvalue weighted by Crippen LogP contribution is -2.48. The molecular formula is C17H36N8O9. The fraction of sp³-hybridized carbons (Fsp3) is 0.765. The number of hydrogen-bond acceptors (Lipinski definition) is 13. The number of aliphatic hydroxyl groups excluding tert-OH is 1. The summed E-state index contributed by atoms with van der Waals surface area (Å²) in [6.45, 7) is -0.501. The van der Waals surface area contributed by atoms with Gasteiger partial charge < -0.3 is 67.8 Å². The zero-order valence-corrected chi connectivity index (χ0v) is 18.8. The van der Waals surface area contributed by atoms with Crippen molar-refractivity contribution in [1.29, 1.82) is 0 Å². The number of oxime groups is 4. The van der Waals surface area contributed by atoms with Crippen molar-refractivity contribution in [2.24, 2.45) is 43.6 Å². The molecule has 0 saturated carbocycles.